The molecular formula is C20H22BrNO2. The molecule has 1 heterocycles. The van der Waals surface area contributed by atoms with Crippen LogP contribution < -0.4 is 4.74 Å². The Morgan fingerprint density at radius 2 is 1.79 bits per heavy atom. The van der Waals surface area contributed by atoms with E-state index in [1.54, 1.807) is 0 Å². The lowest BCUT2D eigenvalue weighted by Gasteiger charge is -2.27. The number of nitrogens with zero attached hydrogens (tertiary/aromatic N) is 1. The highest BCUT2D eigenvalue weighted by molar-refractivity contribution is 9.10. The number of piperidine rings is 1. The average Bonchev–Trinajstić information content (AvgIpc) is 2.62. The second kappa shape index (κ2) is 8.34. The van der Waals surface area contributed by atoms with E-state index in [0.717, 1.165) is 47.3 Å². The number of carbonyl (C=O) groups is 1. The molecule has 0 N–H and O–H groups in total. The SMILES string of the molecule is O=C(Cc1cc(Br)ccc1OCc1ccccc1)N1CCCCC1. The molecule has 24 heavy (non-hydrogen) atoms. The molecule has 126 valence electrons. The molecule has 1 saturated heterocycles. The summed E-state index contributed by atoms with van der Waals surface area (Å²) < 4.78 is 6.94. The molecule has 0 aromatic heterocycles. The Morgan fingerprint density at radius 1 is 1.04 bits per heavy atom. The van der Waals surface area contributed by atoms with Gasteiger partial charge >= 0.3 is 0 Å². The monoisotopic (exact) mass is 387 g/mol. The lowest BCUT2D eigenvalue weighted by Crippen LogP contribution is -2.36. The summed E-state index contributed by atoms with van der Waals surface area (Å²) in [4.78, 5) is 14.5. The van der Waals surface area contributed by atoms with Crippen LogP contribution in [-0.2, 0) is 17.8 Å². The third-order valence-corrected chi connectivity index (χ3v) is 4.80. The van der Waals surface area contributed by atoms with E-state index in [4.69, 9.17) is 4.74 Å². The third kappa shape index (κ3) is 4.60. The molecule has 0 radical (unpaired) electrons. The van der Waals surface area contributed by atoms with Gasteiger partial charge in [0.25, 0.3) is 0 Å². The van der Waals surface area contributed by atoms with Crippen molar-refractivity contribution in [1.82, 2.24) is 4.90 Å². The number of carbonyl (C=O) groups excluding carboxylic acids is 1. The van der Waals surface area contributed by atoms with Crippen molar-refractivity contribution in [3.63, 3.8) is 0 Å². The number of ether oxygens (including phenoxy) is 1. The van der Waals surface area contributed by atoms with Crippen molar-refractivity contribution in [3.8, 4) is 5.75 Å². The Kier molecular flexibility index (Phi) is 5.91. The molecule has 0 atom stereocenters. The van der Waals surface area contributed by atoms with E-state index in [1.807, 2.05) is 53.4 Å². The zero-order valence-electron chi connectivity index (χ0n) is 13.7. The summed E-state index contributed by atoms with van der Waals surface area (Å²) in [5, 5.41) is 0. The van der Waals surface area contributed by atoms with Crippen LogP contribution in [0.5, 0.6) is 5.75 Å². The molecule has 0 spiro atoms. The summed E-state index contributed by atoms with van der Waals surface area (Å²) in [5.74, 6) is 0.977. The van der Waals surface area contributed by atoms with Gasteiger partial charge in [-0.05, 0) is 43.0 Å². The van der Waals surface area contributed by atoms with Gasteiger partial charge in [0.1, 0.15) is 12.4 Å². The Labute approximate surface area is 151 Å². The van der Waals surface area contributed by atoms with Crippen LogP contribution >= 0.6 is 15.9 Å². The van der Waals surface area contributed by atoms with Crippen LogP contribution in [0.4, 0.5) is 0 Å². The molecule has 0 unspecified atom stereocenters. The van der Waals surface area contributed by atoms with Crippen molar-refractivity contribution in [1.29, 1.82) is 0 Å². The molecule has 2 aromatic rings. The summed E-state index contributed by atoms with van der Waals surface area (Å²) in [6, 6.07) is 16.0. The van der Waals surface area contributed by atoms with Crippen LogP contribution in [0.3, 0.4) is 0 Å². The third-order valence-electron chi connectivity index (χ3n) is 4.31. The van der Waals surface area contributed by atoms with Gasteiger partial charge in [0.15, 0.2) is 0 Å². The summed E-state index contributed by atoms with van der Waals surface area (Å²) in [7, 11) is 0. The van der Waals surface area contributed by atoms with Crippen molar-refractivity contribution in [2.24, 2.45) is 0 Å². The summed E-state index contributed by atoms with van der Waals surface area (Å²) in [6.07, 6.45) is 3.85. The van der Waals surface area contributed by atoms with Gasteiger partial charge in [0.05, 0.1) is 6.42 Å². The second-order valence-corrected chi connectivity index (χ2v) is 7.06. The van der Waals surface area contributed by atoms with Gasteiger partial charge in [-0.3, -0.25) is 4.79 Å². The molecule has 1 aliphatic rings. The first-order chi connectivity index (χ1) is 11.7. The van der Waals surface area contributed by atoms with Crippen molar-refractivity contribution in [3.05, 3.63) is 64.1 Å². The first-order valence-electron chi connectivity index (χ1n) is 8.45. The maximum Gasteiger partial charge on any atom is 0.227 e. The highest BCUT2D eigenvalue weighted by Crippen LogP contribution is 2.25. The standard InChI is InChI=1S/C20H22BrNO2/c21-18-9-10-19(24-15-16-7-3-1-4-8-16)17(13-18)14-20(23)22-11-5-2-6-12-22/h1,3-4,7-10,13H,2,5-6,11-12,14-15H2. The van der Waals surface area contributed by atoms with Crippen molar-refractivity contribution in [2.75, 3.05) is 13.1 Å². The fourth-order valence-electron chi connectivity index (χ4n) is 2.98. The first kappa shape index (κ1) is 17.0. The lowest BCUT2D eigenvalue weighted by atomic mass is 10.1. The zero-order valence-corrected chi connectivity index (χ0v) is 15.3. The number of benzene rings is 2. The summed E-state index contributed by atoms with van der Waals surface area (Å²) in [6.45, 7) is 2.27. The van der Waals surface area contributed by atoms with E-state index >= 15 is 0 Å². The minimum atomic E-state index is 0.192. The normalized spacial score (nSPS) is 14.5. The number of amides is 1. The Balaban J connectivity index is 1.69. The molecule has 3 rings (SSSR count). The Morgan fingerprint density at radius 3 is 2.54 bits per heavy atom. The van der Waals surface area contributed by atoms with E-state index in [1.165, 1.54) is 6.42 Å². The number of likely N-dealkylation sites (tertiary alicyclic amines) is 1. The highest BCUT2D eigenvalue weighted by atomic mass is 79.9. The van der Waals surface area contributed by atoms with Crippen LogP contribution in [-0.4, -0.2) is 23.9 Å². The predicted octanol–water partition coefficient (Wildman–Crippen LogP) is 4.58. The first-order valence-corrected chi connectivity index (χ1v) is 9.24. The molecule has 2 aromatic carbocycles. The second-order valence-electron chi connectivity index (χ2n) is 6.14. The topological polar surface area (TPSA) is 29.5 Å². The maximum absolute atomic E-state index is 12.6. The molecule has 0 saturated carbocycles. The van der Waals surface area contributed by atoms with Crippen LogP contribution in [0.25, 0.3) is 0 Å². The number of hydrogen-bond donors (Lipinski definition) is 0. The average molecular weight is 388 g/mol. The quantitative estimate of drug-likeness (QED) is 0.750. The van der Waals surface area contributed by atoms with Crippen LogP contribution in [0.1, 0.15) is 30.4 Å². The van der Waals surface area contributed by atoms with Gasteiger partial charge in [0.2, 0.25) is 5.91 Å². The number of rotatable bonds is 5. The van der Waals surface area contributed by atoms with Gasteiger partial charge in [-0.1, -0.05) is 46.3 Å². The predicted molar refractivity (Wildman–Crippen MR) is 99.1 cm³/mol. The van der Waals surface area contributed by atoms with Crippen molar-refractivity contribution < 1.29 is 9.53 Å². The van der Waals surface area contributed by atoms with Gasteiger partial charge in [-0.25, -0.2) is 0 Å². The summed E-state index contributed by atoms with van der Waals surface area (Å²) >= 11 is 3.50. The van der Waals surface area contributed by atoms with Gasteiger partial charge in [0, 0.05) is 23.1 Å². The van der Waals surface area contributed by atoms with Crippen LogP contribution in [0, 0.1) is 0 Å². The molecule has 1 amide bonds. The molecule has 1 aliphatic heterocycles. The molecule has 1 fully saturated rings. The molecular weight excluding hydrogens is 366 g/mol. The zero-order chi connectivity index (χ0) is 16.8. The molecule has 3 nitrogen and oxygen atoms in total. The molecule has 0 aliphatic carbocycles. The van der Waals surface area contributed by atoms with E-state index in [-0.39, 0.29) is 5.91 Å². The lowest BCUT2D eigenvalue weighted by molar-refractivity contribution is -0.131. The Hall–Kier alpha value is -1.81. The minimum Gasteiger partial charge on any atom is -0.489 e. The maximum atomic E-state index is 12.6. The van der Waals surface area contributed by atoms with Crippen molar-refractivity contribution in [2.45, 2.75) is 32.3 Å². The van der Waals surface area contributed by atoms with Gasteiger partial charge in [-0.2, -0.15) is 0 Å². The van der Waals surface area contributed by atoms with E-state index < -0.39 is 0 Å². The Bertz CT molecular complexity index is 681. The number of hydrogen-bond acceptors (Lipinski definition) is 2. The molecule has 4 heteroatoms. The fourth-order valence-corrected chi connectivity index (χ4v) is 3.39. The fraction of sp³-hybridized carbons (Fsp3) is 0.350. The molecule has 0 bridgehead atoms. The van der Waals surface area contributed by atoms with Crippen molar-refractivity contribution >= 4 is 21.8 Å². The van der Waals surface area contributed by atoms with E-state index in [0.29, 0.717) is 13.0 Å². The largest absolute Gasteiger partial charge is 0.489 e. The van der Waals surface area contributed by atoms with Crippen LogP contribution in [0.15, 0.2) is 53.0 Å². The minimum absolute atomic E-state index is 0.192. The number of halogens is 1. The van der Waals surface area contributed by atoms with Gasteiger partial charge in [-0.15, -0.1) is 0 Å². The van der Waals surface area contributed by atoms with E-state index in [2.05, 4.69) is 15.9 Å². The highest BCUT2D eigenvalue weighted by Gasteiger charge is 2.18. The van der Waals surface area contributed by atoms with Crippen LogP contribution in [0.2, 0.25) is 0 Å². The summed E-state index contributed by atoms with van der Waals surface area (Å²) in [5.41, 5.74) is 2.06. The van der Waals surface area contributed by atoms with Gasteiger partial charge < -0.3 is 9.64 Å². The van der Waals surface area contributed by atoms with E-state index in [9.17, 15) is 4.79 Å². The smallest absolute Gasteiger partial charge is 0.227 e.